The molecule has 0 saturated carbocycles. The summed E-state index contributed by atoms with van der Waals surface area (Å²) in [6.07, 6.45) is 2.93. The molecule has 0 aliphatic rings. The minimum absolute atomic E-state index is 0.0822. The summed E-state index contributed by atoms with van der Waals surface area (Å²) in [6, 6.07) is -0.0822. The molecule has 3 N–H and O–H groups in total. The van der Waals surface area contributed by atoms with Crippen molar-refractivity contribution in [3.8, 4) is 0 Å². The summed E-state index contributed by atoms with van der Waals surface area (Å²) in [7, 11) is 0. The third kappa shape index (κ3) is 2.47. The van der Waals surface area contributed by atoms with Crippen molar-refractivity contribution >= 4 is 11.8 Å². The number of rotatable bonds is 4. The van der Waals surface area contributed by atoms with Gasteiger partial charge in [0.15, 0.2) is 5.82 Å². The van der Waals surface area contributed by atoms with Crippen LogP contribution in [-0.2, 0) is 0 Å². The van der Waals surface area contributed by atoms with Gasteiger partial charge in [0.2, 0.25) is 0 Å². The Morgan fingerprint density at radius 2 is 2.55 bits per heavy atom. The van der Waals surface area contributed by atoms with Crippen LogP contribution in [0.1, 0.15) is 18.3 Å². The lowest BCUT2D eigenvalue weighted by Crippen LogP contribution is -2.12. The van der Waals surface area contributed by atoms with Gasteiger partial charge in [-0.3, -0.25) is 0 Å². The highest BCUT2D eigenvalue weighted by molar-refractivity contribution is 7.98. The summed E-state index contributed by atoms with van der Waals surface area (Å²) in [5, 5.41) is 13.4. The first-order valence-corrected chi connectivity index (χ1v) is 4.72. The third-order valence-electron chi connectivity index (χ3n) is 1.33. The highest BCUT2D eigenvalue weighted by Crippen LogP contribution is 2.09. The van der Waals surface area contributed by atoms with E-state index in [0.29, 0.717) is 5.82 Å². The smallest absolute Gasteiger partial charge is 0.191 e. The number of hydrogen-bond donors (Lipinski definition) is 2. The fraction of sp³-hybridized carbons (Fsp3) is 0.800. The van der Waals surface area contributed by atoms with Crippen molar-refractivity contribution < 1.29 is 0 Å². The van der Waals surface area contributed by atoms with Gasteiger partial charge in [0, 0.05) is 0 Å². The van der Waals surface area contributed by atoms with E-state index in [2.05, 4.69) is 20.6 Å². The van der Waals surface area contributed by atoms with Crippen LogP contribution in [0, 0.1) is 0 Å². The van der Waals surface area contributed by atoms with Crippen LogP contribution < -0.4 is 5.73 Å². The van der Waals surface area contributed by atoms with Gasteiger partial charge in [-0.1, -0.05) is 5.21 Å². The Labute approximate surface area is 69.1 Å². The summed E-state index contributed by atoms with van der Waals surface area (Å²) in [5.41, 5.74) is 5.73. The summed E-state index contributed by atoms with van der Waals surface area (Å²) in [6.45, 7) is 0. The topological polar surface area (TPSA) is 80.5 Å². The van der Waals surface area contributed by atoms with E-state index < -0.39 is 0 Å². The quantitative estimate of drug-likeness (QED) is 0.667. The van der Waals surface area contributed by atoms with Crippen LogP contribution >= 0.6 is 11.8 Å². The van der Waals surface area contributed by atoms with Gasteiger partial charge in [-0.05, 0) is 18.4 Å². The molecule has 0 aliphatic heterocycles. The van der Waals surface area contributed by atoms with E-state index in [4.69, 9.17) is 5.73 Å². The molecule has 1 atom stereocenters. The van der Waals surface area contributed by atoms with E-state index in [9.17, 15) is 0 Å². The van der Waals surface area contributed by atoms with Crippen LogP contribution in [0.5, 0.6) is 0 Å². The zero-order valence-electron chi connectivity index (χ0n) is 6.32. The second-order valence-electron chi connectivity index (χ2n) is 2.16. The van der Waals surface area contributed by atoms with Crippen molar-refractivity contribution in [2.75, 3.05) is 12.0 Å². The van der Waals surface area contributed by atoms with Crippen molar-refractivity contribution in [3.05, 3.63) is 5.82 Å². The molecule has 0 aromatic carbocycles. The van der Waals surface area contributed by atoms with Gasteiger partial charge in [0.25, 0.3) is 0 Å². The first-order valence-electron chi connectivity index (χ1n) is 3.32. The number of nitrogens with zero attached hydrogens (tertiary/aromatic N) is 3. The first-order chi connectivity index (χ1) is 5.34. The van der Waals surface area contributed by atoms with Crippen molar-refractivity contribution in [2.24, 2.45) is 5.73 Å². The Balaban J connectivity index is 2.36. The first kappa shape index (κ1) is 8.48. The van der Waals surface area contributed by atoms with Crippen LogP contribution in [0.3, 0.4) is 0 Å². The Morgan fingerprint density at radius 3 is 3.09 bits per heavy atom. The maximum atomic E-state index is 5.73. The molecular formula is C5H11N5S. The molecular weight excluding hydrogens is 162 g/mol. The number of thioether (sulfide) groups is 1. The second-order valence-corrected chi connectivity index (χ2v) is 3.14. The summed E-state index contributed by atoms with van der Waals surface area (Å²) >= 11 is 1.76. The highest BCUT2D eigenvalue weighted by Gasteiger charge is 2.08. The Kier molecular flexibility index (Phi) is 3.31. The fourth-order valence-electron chi connectivity index (χ4n) is 0.701. The molecule has 0 aliphatic carbocycles. The van der Waals surface area contributed by atoms with Gasteiger partial charge in [-0.15, -0.1) is 10.2 Å². The zero-order chi connectivity index (χ0) is 8.10. The van der Waals surface area contributed by atoms with Gasteiger partial charge in [-0.25, -0.2) is 0 Å². The number of tetrazole rings is 1. The third-order valence-corrected chi connectivity index (χ3v) is 1.97. The molecule has 1 rings (SSSR count). The van der Waals surface area contributed by atoms with E-state index >= 15 is 0 Å². The van der Waals surface area contributed by atoms with E-state index in [1.54, 1.807) is 11.8 Å². The Hall–Kier alpha value is -0.620. The molecule has 1 heterocycles. The SMILES string of the molecule is CSCC[C@@H](N)c1nn[nH]n1. The van der Waals surface area contributed by atoms with E-state index in [-0.39, 0.29) is 6.04 Å². The van der Waals surface area contributed by atoms with Crippen LogP contribution in [0.15, 0.2) is 0 Å². The van der Waals surface area contributed by atoms with Crippen molar-refractivity contribution in [1.29, 1.82) is 0 Å². The lowest BCUT2D eigenvalue weighted by Gasteiger charge is -2.03. The summed E-state index contributed by atoms with van der Waals surface area (Å²) in [4.78, 5) is 0. The maximum absolute atomic E-state index is 5.73. The van der Waals surface area contributed by atoms with Crippen LogP contribution in [-0.4, -0.2) is 32.6 Å². The van der Waals surface area contributed by atoms with Crippen LogP contribution in [0.2, 0.25) is 0 Å². The molecule has 0 bridgehead atoms. The minimum Gasteiger partial charge on any atom is -0.321 e. The lowest BCUT2D eigenvalue weighted by molar-refractivity contribution is 0.656. The molecule has 0 fully saturated rings. The lowest BCUT2D eigenvalue weighted by atomic mass is 10.2. The summed E-state index contributed by atoms with van der Waals surface area (Å²) < 4.78 is 0. The molecule has 1 aromatic heterocycles. The maximum Gasteiger partial charge on any atom is 0.191 e. The Morgan fingerprint density at radius 1 is 1.73 bits per heavy atom. The highest BCUT2D eigenvalue weighted by atomic mass is 32.2. The van der Waals surface area contributed by atoms with Crippen molar-refractivity contribution in [2.45, 2.75) is 12.5 Å². The molecule has 5 nitrogen and oxygen atoms in total. The molecule has 0 radical (unpaired) electrons. The fourth-order valence-corrected chi connectivity index (χ4v) is 1.19. The molecule has 11 heavy (non-hydrogen) atoms. The Bertz CT molecular complexity index is 187. The molecule has 6 heteroatoms. The van der Waals surface area contributed by atoms with Gasteiger partial charge < -0.3 is 5.73 Å². The predicted molar refractivity (Wildman–Crippen MR) is 44.1 cm³/mol. The number of nitrogens with two attached hydrogens (primary N) is 1. The molecule has 0 spiro atoms. The van der Waals surface area contributed by atoms with Crippen molar-refractivity contribution in [1.82, 2.24) is 20.6 Å². The molecule has 0 amide bonds. The normalized spacial score (nSPS) is 13.3. The van der Waals surface area contributed by atoms with Gasteiger partial charge in [-0.2, -0.15) is 17.0 Å². The average molecular weight is 173 g/mol. The largest absolute Gasteiger partial charge is 0.321 e. The number of aromatic amines is 1. The predicted octanol–water partition coefficient (Wildman–Crippen LogP) is -0.0474. The summed E-state index contributed by atoms with van der Waals surface area (Å²) in [5.74, 6) is 1.62. The number of aromatic nitrogens is 4. The molecule has 0 unspecified atom stereocenters. The monoisotopic (exact) mass is 173 g/mol. The van der Waals surface area contributed by atoms with Crippen LogP contribution in [0.4, 0.5) is 0 Å². The minimum atomic E-state index is -0.0822. The number of hydrogen-bond acceptors (Lipinski definition) is 5. The van der Waals surface area contributed by atoms with Gasteiger partial charge in [0.05, 0.1) is 6.04 Å². The standard InChI is InChI=1S/C5H11N5S/c1-11-3-2-4(6)5-7-9-10-8-5/h4H,2-3,6H2,1H3,(H,7,8,9,10)/t4-/m1/s1. The van der Waals surface area contributed by atoms with E-state index in [1.807, 2.05) is 6.26 Å². The van der Waals surface area contributed by atoms with Gasteiger partial charge >= 0.3 is 0 Å². The molecule has 1 aromatic rings. The second kappa shape index (κ2) is 4.30. The van der Waals surface area contributed by atoms with E-state index in [0.717, 1.165) is 12.2 Å². The number of H-pyrrole nitrogens is 1. The molecule has 0 saturated heterocycles. The molecule has 62 valence electrons. The van der Waals surface area contributed by atoms with Crippen LogP contribution in [0.25, 0.3) is 0 Å². The zero-order valence-corrected chi connectivity index (χ0v) is 7.14. The average Bonchev–Trinajstić information content (AvgIpc) is 2.52. The van der Waals surface area contributed by atoms with Gasteiger partial charge in [0.1, 0.15) is 0 Å². The number of nitrogens with one attached hydrogen (secondary N) is 1. The van der Waals surface area contributed by atoms with E-state index in [1.165, 1.54) is 0 Å². The van der Waals surface area contributed by atoms with Crippen molar-refractivity contribution in [3.63, 3.8) is 0 Å².